The SMILES string of the molecule is CCCNC(c1ccc(F)cc1)c1c(OC)cnn1C. The van der Waals surface area contributed by atoms with Crippen LogP contribution >= 0.6 is 0 Å². The number of aryl methyl sites for hydroxylation is 1. The quantitative estimate of drug-likeness (QED) is 0.882. The van der Waals surface area contributed by atoms with Crippen LogP contribution in [0, 0.1) is 5.82 Å². The topological polar surface area (TPSA) is 39.1 Å². The summed E-state index contributed by atoms with van der Waals surface area (Å²) in [6.45, 7) is 2.96. The van der Waals surface area contributed by atoms with Gasteiger partial charge in [-0.3, -0.25) is 4.68 Å². The third-order valence-corrected chi connectivity index (χ3v) is 3.24. The van der Waals surface area contributed by atoms with Gasteiger partial charge < -0.3 is 10.1 Å². The van der Waals surface area contributed by atoms with E-state index in [1.165, 1.54) is 12.1 Å². The van der Waals surface area contributed by atoms with E-state index in [-0.39, 0.29) is 11.9 Å². The van der Waals surface area contributed by atoms with Crippen molar-refractivity contribution in [1.29, 1.82) is 0 Å². The van der Waals surface area contributed by atoms with Gasteiger partial charge in [-0.1, -0.05) is 19.1 Å². The summed E-state index contributed by atoms with van der Waals surface area (Å²) in [5.41, 5.74) is 1.93. The Labute approximate surface area is 118 Å². The molecule has 0 aliphatic heterocycles. The summed E-state index contributed by atoms with van der Waals surface area (Å²) < 4.78 is 20.3. The van der Waals surface area contributed by atoms with Crippen LogP contribution in [0.25, 0.3) is 0 Å². The smallest absolute Gasteiger partial charge is 0.161 e. The fraction of sp³-hybridized carbons (Fsp3) is 0.400. The minimum atomic E-state index is -0.236. The maximum atomic E-state index is 13.1. The van der Waals surface area contributed by atoms with Crippen LogP contribution in [0.2, 0.25) is 0 Å². The summed E-state index contributed by atoms with van der Waals surface area (Å²) in [6, 6.07) is 6.44. The molecule has 0 bridgehead atoms. The molecule has 1 heterocycles. The van der Waals surface area contributed by atoms with Crippen LogP contribution in [0.5, 0.6) is 5.75 Å². The molecular formula is C15H20FN3O. The Morgan fingerprint density at radius 1 is 1.35 bits per heavy atom. The van der Waals surface area contributed by atoms with Crippen LogP contribution in [0.4, 0.5) is 4.39 Å². The fourth-order valence-electron chi connectivity index (χ4n) is 2.23. The van der Waals surface area contributed by atoms with E-state index in [2.05, 4.69) is 17.3 Å². The van der Waals surface area contributed by atoms with E-state index >= 15 is 0 Å². The van der Waals surface area contributed by atoms with Crippen LogP contribution < -0.4 is 10.1 Å². The summed E-state index contributed by atoms with van der Waals surface area (Å²) in [5.74, 6) is 0.491. The highest BCUT2D eigenvalue weighted by Gasteiger charge is 2.21. The van der Waals surface area contributed by atoms with Crippen LogP contribution in [-0.2, 0) is 7.05 Å². The van der Waals surface area contributed by atoms with Crippen LogP contribution in [0.15, 0.2) is 30.5 Å². The number of ether oxygens (including phenoxy) is 1. The lowest BCUT2D eigenvalue weighted by atomic mass is 10.0. The summed E-state index contributed by atoms with van der Waals surface area (Å²) in [4.78, 5) is 0. The normalized spacial score (nSPS) is 12.4. The van der Waals surface area contributed by atoms with Crippen LogP contribution in [0.1, 0.15) is 30.6 Å². The first-order chi connectivity index (χ1) is 9.67. The number of benzene rings is 1. The lowest BCUT2D eigenvalue weighted by Crippen LogP contribution is -2.25. The van der Waals surface area contributed by atoms with Gasteiger partial charge in [0.25, 0.3) is 0 Å². The van der Waals surface area contributed by atoms with Crippen molar-refractivity contribution in [2.24, 2.45) is 7.05 Å². The van der Waals surface area contributed by atoms with Gasteiger partial charge in [-0.05, 0) is 30.7 Å². The van der Waals surface area contributed by atoms with Crippen molar-refractivity contribution in [1.82, 2.24) is 15.1 Å². The zero-order valence-electron chi connectivity index (χ0n) is 12.1. The average Bonchev–Trinajstić information content (AvgIpc) is 2.82. The number of methoxy groups -OCH3 is 1. The Bertz CT molecular complexity index is 551. The van der Waals surface area contributed by atoms with Gasteiger partial charge in [0.2, 0.25) is 0 Å². The van der Waals surface area contributed by atoms with Gasteiger partial charge in [0.05, 0.1) is 19.3 Å². The molecule has 1 aromatic heterocycles. The number of nitrogens with one attached hydrogen (secondary N) is 1. The van der Waals surface area contributed by atoms with Crippen molar-refractivity contribution in [2.45, 2.75) is 19.4 Å². The molecule has 0 radical (unpaired) electrons. The van der Waals surface area contributed by atoms with E-state index in [4.69, 9.17) is 4.74 Å². The molecule has 0 saturated carbocycles. The molecule has 0 spiro atoms. The lowest BCUT2D eigenvalue weighted by Gasteiger charge is -2.20. The Kier molecular flexibility index (Phi) is 4.74. The molecule has 2 rings (SSSR count). The molecule has 5 heteroatoms. The van der Waals surface area contributed by atoms with Crippen molar-refractivity contribution < 1.29 is 9.13 Å². The van der Waals surface area contributed by atoms with Crippen molar-refractivity contribution in [3.05, 3.63) is 47.5 Å². The van der Waals surface area contributed by atoms with E-state index in [9.17, 15) is 4.39 Å². The minimum Gasteiger partial charge on any atom is -0.493 e. The van der Waals surface area contributed by atoms with E-state index in [0.29, 0.717) is 0 Å². The van der Waals surface area contributed by atoms with Crippen molar-refractivity contribution in [2.75, 3.05) is 13.7 Å². The maximum absolute atomic E-state index is 13.1. The predicted octanol–water partition coefficient (Wildman–Crippen LogP) is 2.66. The molecular weight excluding hydrogens is 257 g/mol. The second-order valence-corrected chi connectivity index (χ2v) is 4.66. The molecule has 1 atom stereocenters. The monoisotopic (exact) mass is 277 g/mol. The standard InChI is InChI=1S/C15H20FN3O/c1-4-9-17-14(11-5-7-12(16)8-6-11)15-13(20-3)10-18-19(15)2/h5-8,10,14,17H,4,9H2,1-3H3. The Balaban J connectivity index is 2.41. The predicted molar refractivity (Wildman–Crippen MR) is 76.3 cm³/mol. The summed E-state index contributed by atoms with van der Waals surface area (Å²) in [6.07, 6.45) is 2.71. The third kappa shape index (κ3) is 2.99. The largest absolute Gasteiger partial charge is 0.493 e. The Hall–Kier alpha value is -1.88. The van der Waals surface area contributed by atoms with Gasteiger partial charge in [0.1, 0.15) is 11.5 Å². The molecule has 0 aliphatic rings. The number of halogens is 1. The molecule has 0 fully saturated rings. The van der Waals surface area contributed by atoms with E-state index in [1.54, 1.807) is 30.1 Å². The zero-order valence-corrected chi connectivity index (χ0v) is 12.1. The molecule has 1 unspecified atom stereocenters. The molecule has 1 aromatic carbocycles. The zero-order chi connectivity index (χ0) is 14.5. The van der Waals surface area contributed by atoms with E-state index in [1.807, 2.05) is 7.05 Å². The summed E-state index contributed by atoms with van der Waals surface area (Å²) in [5, 5.41) is 7.70. The van der Waals surface area contributed by atoms with Gasteiger partial charge in [0.15, 0.2) is 5.75 Å². The first-order valence-electron chi connectivity index (χ1n) is 6.72. The molecule has 4 nitrogen and oxygen atoms in total. The highest BCUT2D eigenvalue weighted by molar-refractivity contribution is 5.36. The second-order valence-electron chi connectivity index (χ2n) is 4.66. The van der Waals surface area contributed by atoms with Crippen LogP contribution in [0.3, 0.4) is 0 Å². The van der Waals surface area contributed by atoms with E-state index < -0.39 is 0 Å². The molecule has 0 amide bonds. The number of hydrogen-bond acceptors (Lipinski definition) is 3. The number of aromatic nitrogens is 2. The molecule has 108 valence electrons. The Morgan fingerprint density at radius 3 is 2.65 bits per heavy atom. The second kappa shape index (κ2) is 6.52. The molecule has 0 saturated heterocycles. The van der Waals surface area contributed by atoms with Gasteiger partial charge in [-0.15, -0.1) is 0 Å². The lowest BCUT2D eigenvalue weighted by molar-refractivity contribution is 0.400. The van der Waals surface area contributed by atoms with E-state index in [0.717, 1.165) is 30.0 Å². The molecule has 2 aromatic rings. The first kappa shape index (κ1) is 14.5. The Morgan fingerprint density at radius 2 is 2.05 bits per heavy atom. The number of nitrogens with zero attached hydrogens (tertiary/aromatic N) is 2. The number of rotatable bonds is 6. The van der Waals surface area contributed by atoms with Gasteiger partial charge in [0, 0.05) is 7.05 Å². The minimum absolute atomic E-state index is 0.0713. The molecule has 1 N–H and O–H groups in total. The van der Waals surface area contributed by atoms with Gasteiger partial charge in [-0.2, -0.15) is 5.10 Å². The van der Waals surface area contributed by atoms with Gasteiger partial charge >= 0.3 is 0 Å². The highest BCUT2D eigenvalue weighted by atomic mass is 19.1. The molecule has 0 aliphatic carbocycles. The van der Waals surface area contributed by atoms with Crippen molar-refractivity contribution in [3.63, 3.8) is 0 Å². The van der Waals surface area contributed by atoms with Crippen molar-refractivity contribution in [3.8, 4) is 5.75 Å². The van der Waals surface area contributed by atoms with Crippen LogP contribution in [-0.4, -0.2) is 23.4 Å². The third-order valence-electron chi connectivity index (χ3n) is 3.24. The summed E-state index contributed by atoms with van der Waals surface area (Å²) in [7, 11) is 3.50. The summed E-state index contributed by atoms with van der Waals surface area (Å²) >= 11 is 0. The first-order valence-corrected chi connectivity index (χ1v) is 6.72. The highest BCUT2D eigenvalue weighted by Crippen LogP contribution is 2.29. The van der Waals surface area contributed by atoms with Gasteiger partial charge in [-0.25, -0.2) is 4.39 Å². The molecule has 20 heavy (non-hydrogen) atoms. The maximum Gasteiger partial charge on any atom is 0.161 e. The fourth-order valence-corrected chi connectivity index (χ4v) is 2.23. The number of hydrogen-bond donors (Lipinski definition) is 1. The average molecular weight is 277 g/mol. The van der Waals surface area contributed by atoms with Crippen molar-refractivity contribution >= 4 is 0 Å².